The summed E-state index contributed by atoms with van der Waals surface area (Å²) in [5.74, 6) is 0.248. The summed E-state index contributed by atoms with van der Waals surface area (Å²) in [6.45, 7) is 2.86. The van der Waals surface area contributed by atoms with E-state index < -0.39 is 0 Å². The summed E-state index contributed by atoms with van der Waals surface area (Å²) >= 11 is 0. The van der Waals surface area contributed by atoms with Gasteiger partial charge in [-0.25, -0.2) is 0 Å². The summed E-state index contributed by atoms with van der Waals surface area (Å²) in [4.78, 5) is 25.5. The molecule has 0 aromatic rings. The topological polar surface area (TPSA) is 49.4 Å². The molecule has 4 heteroatoms. The molecule has 3 fully saturated rings. The van der Waals surface area contributed by atoms with Gasteiger partial charge in [0.05, 0.1) is 12.0 Å². The predicted molar refractivity (Wildman–Crippen MR) is 53.9 cm³/mol. The van der Waals surface area contributed by atoms with Crippen LogP contribution in [0, 0.1) is 11.8 Å². The van der Waals surface area contributed by atoms with E-state index in [-0.39, 0.29) is 35.7 Å². The molecule has 0 aromatic carbocycles. The van der Waals surface area contributed by atoms with Crippen LogP contribution in [-0.4, -0.2) is 35.3 Å². The van der Waals surface area contributed by atoms with Crippen LogP contribution in [0.25, 0.3) is 0 Å². The molecular formula is C11H16N2O2. The lowest BCUT2D eigenvalue weighted by Gasteiger charge is -2.21. The molecule has 1 aliphatic carbocycles. The number of nitrogens with one attached hydrogen (secondary N) is 1. The highest BCUT2D eigenvalue weighted by molar-refractivity contribution is 6.00. The third-order valence-corrected chi connectivity index (χ3v) is 3.90. The molecule has 0 aromatic heterocycles. The van der Waals surface area contributed by atoms with E-state index >= 15 is 0 Å². The molecule has 1 unspecified atom stereocenters. The molecular weight excluding hydrogens is 192 g/mol. The summed E-state index contributed by atoms with van der Waals surface area (Å²) in [5.41, 5.74) is 0. The van der Waals surface area contributed by atoms with Gasteiger partial charge in [0, 0.05) is 12.0 Å². The van der Waals surface area contributed by atoms with E-state index in [0.717, 1.165) is 25.8 Å². The van der Waals surface area contributed by atoms with Gasteiger partial charge in [-0.3, -0.25) is 14.5 Å². The van der Waals surface area contributed by atoms with Gasteiger partial charge >= 0.3 is 0 Å². The largest absolute Gasteiger partial charge is 0.311 e. The van der Waals surface area contributed by atoms with Gasteiger partial charge < -0.3 is 5.32 Å². The SMILES string of the molecule is CC1C(=O)N(C(=O)C2CC2)[C@@H]2CCN[C@@H]12. The minimum absolute atomic E-state index is 0.0276. The van der Waals surface area contributed by atoms with Crippen LogP contribution in [0.3, 0.4) is 0 Å². The fourth-order valence-corrected chi connectivity index (χ4v) is 2.85. The van der Waals surface area contributed by atoms with E-state index in [9.17, 15) is 9.59 Å². The Morgan fingerprint density at radius 2 is 2.13 bits per heavy atom. The van der Waals surface area contributed by atoms with E-state index in [1.54, 1.807) is 4.90 Å². The molecule has 0 bridgehead atoms. The number of rotatable bonds is 1. The van der Waals surface area contributed by atoms with Gasteiger partial charge in [-0.1, -0.05) is 6.92 Å². The predicted octanol–water partition coefficient (Wildman–Crippen LogP) is 0.132. The van der Waals surface area contributed by atoms with Crippen LogP contribution in [0.4, 0.5) is 0 Å². The molecule has 15 heavy (non-hydrogen) atoms. The van der Waals surface area contributed by atoms with E-state index in [2.05, 4.69) is 5.32 Å². The highest BCUT2D eigenvalue weighted by Crippen LogP contribution is 2.37. The maximum Gasteiger partial charge on any atom is 0.233 e. The molecule has 2 aliphatic heterocycles. The number of hydrogen-bond acceptors (Lipinski definition) is 3. The molecule has 0 spiro atoms. The quantitative estimate of drug-likeness (QED) is 0.623. The van der Waals surface area contributed by atoms with Gasteiger partial charge in [-0.2, -0.15) is 0 Å². The molecule has 82 valence electrons. The number of hydrogen-bond donors (Lipinski definition) is 1. The van der Waals surface area contributed by atoms with Crippen molar-refractivity contribution in [3.05, 3.63) is 0 Å². The van der Waals surface area contributed by atoms with Crippen LogP contribution < -0.4 is 5.32 Å². The van der Waals surface area contributed by atoms with Crippen molar-refractivity contribution >= 4 is 11.8 Å². The van der Waals surface area contributed by atoms with E-state index in [4.69, 9.17) is 0 Å². The lowest BCUT2D eigenvalue weighted by atomic mass is 10.0. The third-order valence-electron chi connectivity index (χ3n) is 3.90. The lowest BCUT2D eigenvalue weighted by molar-refractivity contribution is -0.145. The van der Waals surface area contributed by atoms with Crippen LogP contribution in [-0.2, 0) is 9.59 Å². The van der Waals surface area contributed by atoms with Crippen LogP contribution in [0.15, 0.2) is 0 Å². The lowest BCUT2D eigenvalue weighted by Crippen LogP contribution is -2.41. The fraction of sp³-hybridized carbons (Fsp3) is 0.818. The number of amides is 2. The Kier molecular flexibility index (Phi) is 1.89. The van der Waals surface area contributed by atoms with Crippen molar-refractivity contribution < 1.29 is 9.59 Å². The number of carbonyl (C=O) groups excluding carboxylic acids is 2. The maximum atomic E-state index is 12.0. The van der Waals surface area contributed by atoms with E-state index in [1.807, 2.05) is 6.92 Å². The average Bonchev–Trinajstić information content (AvgIpc) is 2.92. The summed E-state index contributed by atoms with van der Waals surface area (Å²) in [6, 6.07) is 0.348. The van der Waals surface area contributed by atoms with Crippen molar-refractivity contribution in [3.63, 3.8) is 0 Å². The van der Waals surface area contributed by atoms with Crippen LogP contribution in [0.2, 0.25) is 0 Å². The standard InChI is InChI=1S/C11H16N2O2/c1-6-9-8(4-5-12-9)13(10(6)14)11(15)7-2-3-7/h6-9,12H,2-5H2,1H3/t6?,8-,9+/m1/s1. The fourth-order valence-electron chi connectivity index (χ4n) is 2.85. The van der Waals surface area contributed by atoms with Crippen LogP contribution in [0.1, 0.15) is 26.2 Å². The number of fused-ring (bicyclic) bond motifs is 1. The van der Waals surface area contributed by atoms with Crippen molar-refractivity contribution in [3.8, 4) is 0 Å². The Morgan fingerprint density at radius 3 is 2.80 bits per heavy atom. The minimum atomic E-state index is -0.0276. The van der Waals surface area contributed by atoms with Gasteiger partial charge in [-0.05, 0) is 25.8 Å². The average molecular weight is 208 g/mol. The third kappa shape index (κ3) is 1.24. The van der Waals surface area contributed by atoms with E-state index in [0.29, 0.717) is 0 Å². The molecule has 2 heterocycles. The van der Waals surface area contributed by atoms with Gasteiger partial charge in [0.25, 0.3) is 0 Å². The van der Waals surface area contributed by atoms with Crippen LogP contribution in [0.5, 0.6) is 0 Å². The van der Waals surface area contributed by atoms with Crippen molar-refractivity contribution in [2.24, 2.45) is 11.8 Å². The molecule has 1 N–H and O–H groups in total. The first kappa shape index (κ1) is 9.33. The summed E-state index contributed by atoms with van der Waals surface area (Å²) in [5, 5.41) is 3.33. The van der Waals surface area contributed by atoms with Crippen LogP contribution >= 0.6 is 0 Å². The monoisotopic (exact) mass is 208 g/mol. The van der Waals surface area contributed by atoms with Crippen molar-refractivity contribution in [2.45, 2.75) is 38.3 Å². The molecule has 3 aliphatic rings. The normalized spacial score (nSPS) is 39.7. The Labute approximate surface area is 89.0 Å². The highest BCUT2D eigenvalue weighted by Gasteiger charge is 2.52. The maximum absolute atomic E-state index is 12.0. The van der Waals surface area contributed by atoms with Gasteiger partial charge in [0.2, 0.25) is 11.8 Å². The van der Waals surface area contributed by atoms with E-state index in [1.165, 1.54) is 0 Å². The number of nitrogens with zero attached hydrogens (tertiary/aromatic N) is 1. The molecule has 4 nitrogen and oxygen atoms in total. The first-order chi connectivity index (χ1) is 7.20. The zero-order chi connectivity index (χ0) is 10.6. The Hall–Kier alpha value is -0.900. The molecule has 1 saturated carbocycles. The highest BCUT2D eigenvalue weighted by atomic mass is 16.2. The number of imide groups is 1. The minimum Gasteiger partial charge on any atom is -0.311 e. The second kappa shape index (κ2) is 3.04. The summed E-state index contributed by atoms with van der Waals surface area (Å²) in [6.07, 6.45) is 2.88. The van der Waals surface area contributed by atoms with Crippen molar-refractivity contribution in [2.75, 3.05) is 6.54 Å². The number of carbonyl (C=O) groups is 2. The Bertz CT molecular complexity index is 317. The molecule has 2 amide bonds. The first-order valence-electron chi connectivity index (χ1n) is 5.80. The second-order valence-electron chi connectivity index (χ2n) is 4.95. The van der Waals surface area contributed by atoms with Crippen molar-refractivity contribution in [1.29, 1.82) is 0 Å². The first-order valence-corrected chi connectivity index (χ1v) is 5.80. The zero-order valence-corrected chi connectivity index (χ0v) is 8.90. The number of likely N-dealkylation sites (tertiary alicyclic amines) is 1. The zero-order valence-electron chi connectivity index (χ0n) is 8.90. The van der Waals surface area contributed by atoms with Crippen molar-refractivity contribution in [1.82, 2.24) is 10.2 Å². The molecule has 3 atom stereocenters. The summed E-state index contributed by atoms with van der Waals surface area (Å²) in [7, 11) is 0. The van der Waals surface area contributed by atoms with Gasteiger partial charge in [0.15, 0.2) is 0 Å². The summed E-state index contributed by atoms with van der Waals surface area (Å²) < 4.78 is 0. The second-order valence-corrected chi connectivity index (χ2v) is 4.95. The van der Waals surface area contributed by atoms with Gasteiger partial charge in [-0.15, -0.1) is 0 Å². The molecule has 3 rings (SSSR count). The Balaban J connectivity index is 1.86. The van der Waals surface area contributed by atoms with Gasteiger partial charge in [0.1, 0.15) is 0 Å². The smallest absolute Gasteiger partial charge is 0.233 e. The Morgan fingerprint density at radius 1 is 1.40 bits per heavy atom. The molecule has 0 radical (unpaired) electrons. The molecule has 2 saturated heterocycles.